The zero-order chi connectivity index (χ0) is 25.4. The Morgan fingerprint density at radius 2 is 1.67 bits per heavy atom. The second-order valence-corrected chi connectivity index (χ2v) is 8.80. The number of hydrogen-bond donors (Lipinski definition) is 0. The summed E-state index contributed by atoms with van der Waals surface area (Å²) in [5.41, 5.74) is 1.79. The summed E-state index contributed by atoms with van der Waals surface area (Å²) < 4.78 is 23.8. The van der Waals surface area contributed by atoms with Gasteiger partial charge in [0.05, 0.1) is 21.3 Å². The van der Waals surface area contributed by atoms with Gasteiger partial charge in [0.15, 0.2) is 23.1 Å². The number of furan rings is 1. The van der Waals surface area contributed by atoms with Gasteiger partial charge in [0.2, 0.25) is 10.7 Å². The van der Waals surface area contributed by atoms with E-state index in [1.807, 2.05) is 18.2 Å². The first-order valence-electron chi connectivity index (χ1n) is 10.8. The van der Waals surface area contributed by atoms with Crippen LogP contribution in [0.2, 0.25) is 0 Å². The molecule has 5 rings (SSSR count). The van der Waals surface area contributed by atoms with Crippen molar-refractivity contribution < 1.29 is 23.4 Å². The molecular formula is C26H21N3O6S. The van der Waals surface area contributed by atoms with Crippen molar-refractivity contribution in [3.8, 4) is 40.0 Å². The number of ether oxygens (including phenoxy) is 3. The summed E-state index contributed by atoms with van der Waals surface area (Å²) in [6, 6.07) is 14.2. The van der Waals surface area contributed by atoms with E-state index in [4.69, 9.17) is 18.6 Å². The molecule has 0 N–H and O–H groups in total. The van der Waals surface area contributed by atoms with Crippen molar-refractivity contribution in [2.75, 3.05) is 21.3 Å². The standard InChI is InChI=1S/C26H21N3O6S/c1-14(30)15-5-7-16(8-6-15)19-10-9-18(35-19)13-22-25(31)29-26(36-22)27-24(28-29)17-11-20(32-2)23(34-4)21(12-17)33-3/h5-13H,1-4H3/b22-13-. The Balaban J connectivity index is 1.48. The average Bonchev–Trinajstić information content (AvgIpc) is 3.60. The van der Waals surface area contributed by atoms with Crippen LogP contribution in [0.25, 0.3) is 33.7 Å². The third-order valence-electron chi connectivity index (χ3n) is 5.58. The number of carbonyl (C=O) groups is 1. The summed E-state index contributed by atoms with van der Waals surface area (Å²) in [6.45, 7) is 1.52. The Labute approximate surface area is 209 Å². The molecule has 36 heavy (non-hydrogen) atoms. The van der Waals surface area contributed by atoms with E-state index >= 15 is 0 Å². The third-order valence-corrected chi connectivity index (χ3v) is 6.54. The van der Waals surface area contributed by atoms with Crippen LogP contribution in [0.1, 0.15) is 23.0 Å². The number of thiazole rings is 1. The zero-order valence-electron chi connectivity index (χ0n) is 19.9. The van der Waals surface area contributed by atoms with Gasteiger partial charge in [-0.25, -0.2) is 0 Å². The Kier molecular flexibility index (Phi) is 6.03. The first-order valence-corrected chi connectivity index (χ1v) is 11.7. The van der Waals surface area contributed by atoms with Crippen LogP contribution < -0.4 is 24.3 Å². The lowest BCUT2D eigenvalue weighted by molar-refractivity contribution is 0.101. The summed E-state index contributed by atoms with van der Waals surface area (Å²) in [4.78, 5) is 29.5. The van der Waals surface area contributed by atoms with Gasteiger partial charge in [0.1, 0.15) is 16.1 Å². The fourth-order valence-electron chi connectivity index (χ4n) is 3.75. The van der Waals surface area contributed by atoms with Gasteiger partial charge in [0, 0.05) is 22.8 Å². The number of hydrogen-bond acceptors (Lipinski definition) is 9. The second-order valence-electron chi connectivity index (χ2n) is 7.80. The summed E-state index contributed by atoms with van der Waals surface area (Å²) >= 11 is 1.21. The quantitative estimate of drug-likeness (QED) is 0.309. The molecule has 0 bridgehead atoms. The summed E-state index contributed by atoms with van der Waals surface area (Å²) in [5.74, 6) is 2.90. The number of methoxy groups -OCH3 is 3. The molecule has 9 nitrogen and oxygen atoms in total. The van der Waals surface area contributed by atoms with Gasteiger partial charge in [0.25, 0.3) is 5.56 Å². The fourth-order valence-corrected chi connectivity index (χ4v) is 4.64. The van der Waals surface area contributed by atoms with Gasteiger partial charge in [-0.15, -0.1) is 5.10 Å². The van der Waals surface area contributed by atoms with E-state index in [0.717, 1.165) is 5.56 Å². The monoisotopic (exact) mass is 503 g/mol. The molecule has 10 heteroatoms. The first kappa shape index (κ1) is 23.3. The molecule has 5 aromatic rings. The highest BCUT2D eigenvalue weighted by molar-refractivity contribution is 7.15. The molecule has 0 saturated heterocycles. The number of aromatic nitrogens is 3. The predicted molar refractivity (Wildman–Crippen MR) is 135 cm³/mol. The number of rotatable bonds is 7. The molecule has 0 unspecified atom stereocenters. The van der Waals surface area contributed by atoms with E-state index < -0.39 is 0 Å². The SMILES string of the molecule is COc1cc(-c2nc3s/c(=C\c4ccc(-c5ccc(C(C)=O)cc5)o4)c(=O)n3n2)cc(OC)c1OC. The molecular weight excluding hydrogens is 482 g/mol. The topological polar surface area (TPSA) is 105 Å². The van der Waals surface area contributed by atoms with Gasteiger partial charge in [-0.2, -0.15) is 9.50 Å². The molecule has 0 aliphatic carbocycles. The minimum atomic E-state index is -0.301. The van der Waals surface area contributed by atoms with Crippen LogP contribution in [0.5, 0.6) is 17.2 Å². The van der Waals surface area contributed by atoms with Crippen molar-refractivity contribution in [1.82, 2.24) is 14.6 Å². The van der Waals surface area contributed by atoms with Gasteiger partial charge in [-0.3, -0.25) is 9.59 Å². The Bertz CT molecular complexity index is 1670. The molecule has 0 atom stereocenters. The summed E-state index contributed by atoms with van der Waals surface area (Å²) in [5, 5.41) is 4.40. The van der Waals surface area contributed by atoms with E-state index in [1.54, 1.807) is 36.4 Å². The van der Waals surface area contributed by atoms with Crippen molar-refractivity contribution in [2.24, 2.45) is 0 Å². The molecule has 0 aliphatic heterocycles. The van der Waals surface area contributed by atoms with Gasteiger partial charge in [-0.05, 0) is 31.2 Å². The van der Waals surface area contributed by atoms with Crippen molar-refractivity contribution in [2.45, 2.75) is 6.92 Å². The highest BCUT2D eigenvalue weighted by Crippen LogP contribution is 2.40. The van der Waals surface area contributed by atoms with E-state index in [0.29, 0.717) is 55.2 Å². The van der Waals surface area contributed by atoms with E-state index in [2.05, 4.69) is 10.1 Å². The lowest BCUT2D eigenvalue weighted by Crippen LogP contribution is -2.23. The van der Waals surface area contributed by atoms with Gasteiger partial charge >= 0.3 is 0 Å². The molecule has 182 valence electrons. The van der Waals surface area contributed by atoms with Crippen LogP contribution in [0, 0.1) is 0 Å². The summed E-state index contributed by atoms with van der Waals surface area (Å²) in [7, 11) is 4.58. The maximum absolute atomic E-state index is 13.0. The number of Topliss-reactive ketones (excluding diaryl/α,β-unsaturated/α-hetero) is 1. The van der Waals surface area contributed by atoms with Crippen molar-refractivity contribution in [3.63, 3.8) is 0 Å². The largest absolute Gasteiger partial charge is 0.493 e. The lowest BCUT2D eigenvalue weighted by atomic mass is 10.1. The molecule has 0 saturated carbocycles. The van der Waals surface area contributed by atoms with Crippen molar-refractivity contribution in [3.05, 3.63) is 74.7 Å². The molecule has 0 radical (unpaired) electrons. The van der Waals surface area contributed by atoms with E-state index in [1.165, 1.54) is 44.1 Å². The summed E-state index contributed by atoms with van der Waals surface area (Å²) in [6.07, 6.45) is 1.66. The number of carbonyl (C=O) groups excluding carboxylic acids is 1. The molecule has 3 aromatic heterocycles. The fraction of sp³-hybridized carbons (Fsp3) is 0.154. The lowest BCUT2D eigenvalue weighted by Gasteiger charge is -2.12. The molecule has 3 heterocycles. The first-order chi connectivity index (χ1) is 17.4. The Morgan fingerprint density at radius 3 is 2.25 bits per heavy atom. The van der Waals surface area contributed by atoms with Crippen LogP contribution in [0.3, 0.4) is 0 Å². The number of benzene rings is 2. The molecule has 0 fully saturated rings. The number of fused-ring (bicyclic) bond motifs is 1. The maximum Gasteiger partial charge on any atom is 0.291 e. The Morgan fingerprint density at radius 1 is 0.972 bits per heavy atom. The van der Waals surface area contributed by atoms with Gasteiger partial charge in [-0.1, -0.05) is 35.6 Å². The van der Waals surface area contributed by atoms with Crippen molar-refractivity contribution >= 4 is 28.2 Å². The smallest absolute Gasteiger partial charge is 0.291 e. The van der Waals surface area contributed by atoms with Gasteiger partial charge < -0.3 is 18.6 Å². The maximum atomic E-state index is 13.0. The Hall–Kier alpha value is -4.44. The highest BCUT2D eigenvalue weighted by atomic mass is 32.1. The molecule has 0 amide bonds. The second kappa shape index (κ2) is 9.31. The zero-order valence-corrected chi connectivity index (χ0v) is 20.7. The molecule has 0 aliphatic rings. The van der Waals surface area contributed by atoms with Crippen LogP contribution in [-0.2, 0) is 0 Å². The molecule has 2 aromatic carbocycles. The highest BCUT2D eigenvalue weighted by Gasteiger charge is 2.18. The molecule has 0 spiro atoms. The van der Waals surface area contributed by atoms with Crippen LogP contribution in [-0.4, -0.2) is 41.7 Å². The average molecular weight is 504 g/mol. The van der Waals surface area contributed by atoms with Crippen LogP contribution in [0.15, 0.2) is 57.7 Å². The number of ketones is 1. The van der Waals surface area contributed by atoms with Crippen molar-refractivity contribution in [1.29, 1.82) is 0 Å². The van der Waals surface area contributed by atoms with Crippen LogP contribution >= 0.6 is 11.3 Å². The van der Waals surface area contributed by atoms with E-state index in [-0.39, 0.29) is 11.3 Å². The van der Waals surface area contributed by atoms with Crippen LogP contribution in [0.4, 0.5) is 0 Å². The minimum absolute atomic E-state index is 0.00253. The minimum Gasteiger partial charge on any atom is -0.493 e. The third kappa shape index (κ3) is 4.11. The van der Waals surface area contributed by atoms with E-state index in [9.17, 15) is 9.59 Å². The number of nitrogens with zero attached hydrogens (tertiary/aromatic N) is 3. The normalized spacial score (nSPS) is 11.7. The predicted octanol–water partition coefficient (Wildman–Crippen LogP) is 3.85.